The molecule has 1 atom stereocenters. The average molecular weight is 241 g/mol. The summed E-state index contributed by atoms with van der Waals surface area (Å²) in [6.45, 7) is 4.21. The van der Waals surface area contributed by atoms with Crippen molar-refractivity contribution in [3.05, 3.63) is 16.1 Å². The molecule has 1 aromatic heterocycles. The molecule has 92 valence electrons. The predicted molar refractivity (Wildman–Crippen MR) is 69.8 cm³/mol. The molecular formula is C13H23NOS. The average Bonchev–Trinajstić information content (AvgIpc) is 2.70. The highest BCUT2D eigenvalue weighted by molar-refractivity contribution is 7.09. The molecule has 0 aliphatic rings. The van der Waals surface area contributed by atoms with E-state index in [0.29, 0.717) is 0 Å². The molecule has 16 heavy (non-hydrogen) atoms. The second-order valence-electron chi connectivity index (χ2n) is 4.36. The number of aliphatic hydroxyl groups excluding tert-OH is 1. The molecule has 3 heteroatoms. The van der Waals surface area contributed by atoms with E-state index in [0.717, 1.165) is 23.5 Å². The quantitative estimate of drug-likeness (QED) is 0.691. The second kappa shape index (κ2) is 7.80. The molecular weight excluding hydrogens is 218 g/mol. The Bertz CT molecular complexity index is 285. The van der Waals surface area contributed by atoms with Gasteiger partial charge in [0, 0.05) is 5.38 Å². The summed E-state index contributed by atoms with van der Waals surface area (Å²) in [6, 6.07) is 0. The normalized spacial score (nSPS) is 12.9. The molecule has 2 nitrogen and oxygen atoms in total. The molecule has 1 aromatic rings. The number of aromatic nitrogens is 1. The minimum Gasteiger partial charge on any atom is -0.387 e. The predicted octanol–water partition coefficient (Wildman–Crippen LogP) is 4.24. The van der Waals surface area contributed by atoms with E-state index in [-0.39, 0.29) is 6.10 Å². The lowest BCUT2D eigenvalue weighted by Gasteiger charge is -2.07. The van der Waals surface area contributed by atoms with E-state index in [9.17, 15) is 5.11 Å². The minimum atomic E-state index is -0.351. The summed E-state index contributed by atoms with van der Waals surface area (Å²) in [6.07, 6.45) is 8.13. The molecule has 0 aromatic carbocycles. The van der Waals surface area contributed by atoms with Crippen LogP contribution in [0.1, 0.15) is 68.7 Å². The SMILES string of the molecule is CCCCCCCCC(O)c1csc(C)n1. The lowest BCUT2D eigenvalue weighted by molar-refractivity contribution is 0.159. The molecule has 0 saturated carbocycles. The van der Waals surface area contributed by atoms with Crippen molar-refractivity contribution in [1.29, 1.82) is 0 Å². The maximum Gasteiger partial charge on any atom is 0.0968 e. The lowest BCUT2D eigenvalue weighted by atomic mass is 10.1. The van der Waals surface area contributed by atoms with E-state index in [1.807, 2.05) is 12.3 Å². The molecule has 0 bridgehead atoms. The highest BCUT2D eigenvalue weighted by atomic mass is 32.1. The first kappa shape index (κ1) is 13.7. The third-order valence-corrected chi connectivity index (χ3v) is 3.60. The summed E-state index contributed by atoms with van der Waals surface area (Å²) >= 11 is 1.61. The first-order chi connectivity index (χ1) is 7.74. The summed E-state index contributed by atoms with van der Waals surface area (Å²) in [7, 11) is 0. The zero-order valence-corrected chi connectivity index (χ0v) is 11.2. The molecule has 0 saturated heterocycles. The van der Waals surface area contributed by atoms with Gasteiger partial charge in [0.05, 0.1) is 16.8 Å². The van der Waals surface area contributed by atoms with Crippen molar-refractivity contribution in [2.45, 2.75) is 64.9 Å². The van der Waals surface area contributed by atoms with Crippen molar-refractivity contribution in [2.75, 3.05) is 0 Å². The van der Waals surface area contributed by atoms with E-state index in [1.54, 1.807) is 11.3 Å². The van der Waals surface area contributed by atoms with Crippen molar-refractivity contribution >= 4 is 11.3 Å². The molecule has 1 rings (SSSR count). The van der Waals surface area contributed by atoms with E-state index in [4.69, 9.17) is 0 Å². The molecule has 0 amide bonds. The van der Waals surface area contributed by atoms with Crippen LogP contribution in [-0.2, 0) is 0 Å². The summed E-state index contributed by atoms with van der Waals surface area (Å²) < 4.78 is 0. The molecule has 1 N–H and O–H groups in total. The Morgan fingerprint density at radius 1 is 1.25 bits per heavy atom. The second-order valence-corrected chi connectivity index (χ2v) is 5.43. The van der Waals surface area contributed by atoms with Crippen LogP contribution in [0.4, 0.5) is 0 Å². The zero-order chi connectivity index (χ0) is 11.8. The van der Waals surface area contributed by atoms with E-state index in [2.05, 4.69) is 11.9 Å². The maximum absolute atomic E-state index is 9.88. The molecule has 0 aliphatic carbocycles. The standard InChI is InChI=1S/C13H23NOS/c1-3-4-5-6-7-8-9-13(15)12-10-16-11(2)14-12/h10,13,15H,3-9H2,1-2H3. The van der Waals surface area contributed by atoms with Crippen LogP contribution in [0.15, 0.2) is 5.38 Å². The van der Waals surface area contributed by atoms with Gasteiger partial charge in [-0.25, -0.2) is 4.98 Å². The summed E-state index contributed by atoms with van der Waals surface area (Å²) in [5, 5.41) is 12.9. The highest BCUT2D eigenvalue weighted by Gasteiger charge is 2.09. The van der Waals surface area contributed by atoms with Crippen LogP contribution in [0.25, 0.3) is 0 Å². The monoisotopic (exact) mass is 241 g/mol. The van der Waals surface area contributed by atoms with Crippen LogP contribution >= 0.6 is 11.3 Å². The fourth-order valence-corrected chi connectivity index (χ4v) is 2.46. The minimum absolute atomic E-state index is 0.351. The molecule has 1 unspecified atom stereocenters. The van der Waals surface area contributed by atoms with Crippen molar-refractivity contribution < 1.29 is 5.11 Å². The van der Waals surface area contributed by atoms with Gasteiger partial charge in [-0.3, -0.25) is 0 Å². The Balaban J connectivity index is 2.09. The smallest absolute Gasteiger partial charge is 0.0968 e. The Kier molecular flexibility index (Phi) is 6.65. The number of thiazole rings is 1. The van der Waals surface area contributed by atoms with Crippen molar-refractivity contribution in [3.63, 3.8) is 0 Å². The van der Waals surface area contributed by atoms with E-state index >= 15 is 0 Å². The fourth-order valence-electron chi connectivity index (χ4n) is 1.80. The Morgan fingerprint density at radius 2 is 1.94 bits per heavy atom. The fraction of sp³-hybridized carbons (Fsp3) is 0.769. The number of rotatable bonds is 8. The van der Waals surface area contributed by atoms with Crippen LogP contribution in [0.5, 0.6) is 0 Å². The Hall–Kier alpha value is -0.410. The van der Waals surface area contributed by atoms with Gasteiger partial charge in [-0.1, -0.05) is 45.4 Å². The van der Waals surface area contributed by atoms with Crippen molar-refractivity contribution in [2.24, 2.45) is 0 Å². The zero-order valence-electron chi connectivity index (χ0n) is 10.4. The lowest BCUT2D eigenvalue weighted by Crippen LogP contribution is -1.97. The Labute approximate surface area is 103 Å². The Morgan fingerprint density at radius 3 is 2.56 bits per heavy atom. The molecule has 0 spiro atoms. The number of unbranched alkanes of at least 4 members (excludes halogenated alkanes) is 5. The van der Waals surface area contributed by atoms with Crippen LogP contribution in [-0.4, -0.2) is 10.1 Å². The number of aliphatic hydroxyl groups is 1. The van der Waals surface area contributed by atoms with Gasteiger partial charge >= 0.3 is 0 Å². The maximum atomic E-state index is 9.88. The van der Waals surface area contributed by atoms with Crippen LogP contribution < -0.4 is 0 Å². The van der Waals surface area contributed by atoms with E-state index in [1.165, 1.54) is 32.1 Å². The van der Waals surface area contributed by atoms with Gasteiger partial charge in [-0.2, -0.15) is 0 Å². The largest absolute Gasteiger partial charge is 0.387 e. The van der Waals surface area contributed by atoms with Crippen LogP contribution in [0.3, 0.4) is 0 Å². The molecule has 1 heterocycles. The molecule has 0 radical (unpaired) electrons. The number of hydrogen-bond acceptors (Lipinski definition) is 3. The van der Waals surface area contributed by atoms with Crippen LogP contribution in [0, 0.1) is 6.92 Å². The van der Waals surface area contributed by atoms with Gasteiger partial charge in [0.2, 0.25) is 0 Å². The summed E-state index contributed by atoms with van der Waals surface area (Å²) in [4.78, 5) is 4.31. The van der Waals surface area contributed by atoms with Gasteiger partial charge in [-0.15, -0.1) is 11.3 Å². The van der Waals surface area contributed by atoms with Gasteiger partial charge in [0.15, 0.2) is 0 Å². The van der Waals surface area contributed by atoms with E-state index < -0.39 is 0 Å². The third-order valence-electron chi connectivity index (χ3n) is 2.81. The third kappa shape index (κ3) is 5.08. The molecule has 0 fully saturated rings. The van der Waals surface area contributed by atoms with Gasteiger partial charge in [0.25, 0.3) is 0 Å². The first-order valence-corrected chi connectivity index (χ1v) is 7.22. The van der Waals surface area contributed by atoms with Gasteiger partial charge < -0.3 is 5.11 Å². The summed E-state index contributed by atoms with van der Waals surface area (Å²) in [5.41, 5.74) is 0.857. The summed E-state index contributed by atoms with van der Waals surface area (Å²) in [5.74, 6) is 0. The molecule has 0 aliphatic heterocycles. The van der Waals surface area contributed by atoms with Crippen molar-refractivity contribution in [3.8, 4) is 0 Å². The van der Waals surface area contributed by atoms with Gasteiger partial charge in [0.1, 0.15) is 0 Å². The van der Waals surface area contributed by atoms with Crippen molar-refractivity contribution in [1.82, 2.24) is 4.98 Å². The number of nitrogens with zero attached hydrogens (tertiary/aromatic N) is 1. The van der Waals surface area contributed by atoms with Gasteiger partial charge in [-0.05, 0) is 13.3 Å². The van der Waals surface area contributed by atoms with Crippen LogP contribution in [0.2, 0.25) is 0 Å². The number of aryl methyl sites for hydroxylation is 1. The highest BCUT2D eigenvalue weighted by Crippen LogP contribution is 2.21. The first-order valence-electron chi connectivity index (χ1n) is 6.34. The number of hydrogen-bond donors (Lipinski definition) is 1. The topological polar surface area (TPSA) is 33.1 Å².